The second-order valence-corrected chi connectivity index (χ2v) is 3.84. The van der Waals surface area contributed by atoms with Crippen LogP contribution >= 0.6 is 0 Å². The van der Waals surface area contributed by atoms with E-state index in [1.54, 1.807) is 0 Å². The highest BCUT2D eigenvalue weighted by Gasteiger charge is 2.11. The molecule has 6 heteroatoms. The van der Waals surface area contributed by atoms with Crippen LogP contribution in [0.4, 0.5) is 5.69 Å². The monoisotopic (exact) mass is 264 g/mol. The number of anilines is 1. The first kappa shape index (κ1) is 13.1. The molecule has 96 valence electrons. The predicted octanol–water partition coefficient (Wildman–Crippen LogP) is 1.78. The number of carbonyl (C=O) groups is 1. The number of phenolic OH excluding ortho intramolecular Hbond substituents is 1. The fourth-order valence-corrected chi connectivity index (χ4v) is 1.49. The van der Waals surface area contributed by atoms with Gasteiger partial charge in [-0.2, -0.15) is 10.5 Å². The van der Waals surface area contributed by atoms with Crippen LogP contribution in [0.2, 0.25) is 0 Å². The highest BCUT2D eigenvalue weighted by Crippen LogP contribution is 2.24. The normalized spacial score (nSPS) is 9.30. The third kappa shape index (κ3) is 2.71. The molecule has 2 rings (SSSR count). The topological polar surface area (TPSA) is 110 Å². The molecule has 0 aliphatic rings. The first-order valence-electron chi connectivity index (χ1n) is 5.54. The van der Waals surface area contributed by atoms with Gasteiger partial charge in [-0.3, -0.25) is 4.79 Å². The van der Waals surface area contributed by atoms with Crippen molar-refractivity contribution in [2.45, 2.75) is 0 Å². The molecule has 0 spiro atoms. The van der Waals surface area contributed by atoms with Crippen LogP contribution in [0.25, 0.3) is 0 Å². The molecule has 0 saturated carbocycles. The number of amides is 1. The van der Waals surface area contributed by atoms with E-state index in [2.05, 4.69) is 10.3 Å². The molecule has 0 bridgehead atoms. The van der Waals surface area contributed by atoms with Crippen LogP contribution in [-0.4, -0.2) is 16.0 Å². The first-order valence-corrected chi connectivity index (χ1v) is 5.54. The molecule has 1 heterocycles. The average Bonchev–Trinajstić information content (AvgIpc) is 2.49. The quantitative estimate of drug-likeness (QED) is 0.803. The lowest BCUT2D eigenvalue weighted by Crippen LogP contribution is -2.13. The van der Waals surface area contributed by atoms with Gasteiger partial charge in [-0.25, -0.2) is 4.98 Å². The zero-order valence-electron chi connectivity index (χ0n) is 10.2. The Morgan fingerprint density at radius 1 is 1.15 bits per heavy atom. The maximum Gasteiger partial charge on any atom is 0.274 e. The molecule has 0 unspecified atom stereocenters. The number of hydrogen-bond donors (Lipinski definition) is 2. The minimum absolute atomic E-state index is 0.103. The van der Waals surface area contributed by atoms with Crippen molar-refractivity contribution in [2.75, 3.05) is 5.32 Å². The molecule has 0 aliphatic heterocycles. The number of carbonyl (C=O) groups excluding carboxylic acids is 1. The molecule has 0 aliphatic carbocycles. The number of nitrogens with zero attached hydrogens (tertiary/aromatic N) is 3. The smallest absolute Gasteiger partial charge is 0.274 e. The third-order valence-electron chi connectivity index (χ3n) is 2.50. The maximum absolute atomic E-state index is 11.9. The second kappa shape index (κ2) is 5.51. The summed E-state index contributed by atoms with van der Waals surface area (Å²) in [4.78, 5) is 15.8. The standard InChI is InChI=1S/C14H8N4O2/c15-6-9-2-4-13(19)12(5-9)18-14(20)11-3-1-10(7-16)8-17-11/h1-5,8,19H,(H,18,20). The van der Waals surface area contributed by atoms with E-state index in [0.717, 1.165) is 0 Å². The Hall–Kier alpha value is -3.38. The maximum atomic E-state index is 11.9. The molecule has 6 nitrogen and oxygen atoms in total. The van der Waals surface area contributed by atoms with Crippen LogP contribution < -0.4 is 5.32 Å². The van der Waals surface area contributed by atoms with Gasteiger partial charge in [-0.1, -0.05) is 0 Å². The van der Waals surface area contributed by atoms with Gasteiger partial charge in [0.15, 0.2) is 0 Å². The lowest BCUT2D eigenvalue weighted by molar-refractivity contribution is 0.102. The third-order valence-corrected chi connectivity index (χ3v) is 2.50. The van der Waals surface area contributed by atoms with Crippen LogP contribution in [-0.2, 0) is 0 Å². The van der Waals surface area contributed by atoms with Crippen LogP contribution in [0.5, 0.6) is 5.75 Å². The number of nitriles is 2. The highest BCUT2D eigenvalue weighted by molar-refractivity contribution is 6.03. The summed E-state index contributed by atoms with van der Waals surface area (Å²) in [5.41, 5.74) is 0.882. The number of phenols is 1. The predicted molar refractivity (Wildman–Crippen MR) is 69.7 cm³/mol. The summed E-state index contributed by atoms with van der Waals surface area (Å²) in [6.07, 6.45) is 1.28. The molecule has 0 fully saturated rings. The summed E-state index contributed by atoms with van der Waals surface area (Å²) < 4.78 is 0. The number of pyridine rings is 1. The summed E-state index contributed by atoms with van der Waals surface area (Å²) in [7, 11) is 0. The summed E-state index contributed by atoms with van der Waals surface area (Å²) in [5.74, 6) is -0.689. The molecule has 2 aromatic rings. The number of rotatable bonds is 2. The fraction of sp³-hybridized carbons (Fsp3) is 0. The number of aromatic nitrogens is 1. The average molecular weight is 264 g/mol. The van der Waals surface area contributed by atoms with Crippen molar-refractivity contribution in [1.82, 2.24) is 4.98 Å². The molecule has 0 radical (unpaired) electrons. The van der Waals surface area contributed by atoms with E-state index >= 15 is 0 Å². The van der Waals surface area contributed by atoms with Crippen molar-refractivity contribution in [2.24, 2.45) is 0 Å². The highest BCUT2D eigenvalue weighted by atomic mass is 16.3. The van der Waals surface area contributed by atoms with Gasteiger partial charge in [0.1, 0.15) is 17.5 Å². The largest absolute Gasteiger partial charge is 0.506 e. The minimum Gasteiger partial charge on any atom is -0.506 e. The molecular weight excluding hydrogens is 256 g/mol. The molecule has 0 atom stereocenters. The molecule has 1 amide bonds. The summed E-state index contributed by atoms with van der Waals surface area (Å²) in [5, 5.41) is 29.5. The van der Waals surface area contributed by atoms with Crippen LogP contribution in [0.15, 0.2) is 36.5 Å². The van der Waals surface area contributed by atoms with E-state index in [1.807, 2.05) is 12.1 Å². The number of nitrogens with one attached hydrogen (secondary N) is 1. The van der Waals surface area contributed by atoms with Gasteiger partial charge in [-0.05, 0) is 30.3 Å². The van der Waals surface area contributed by atoms with E-state index in [4.69, 9.17) is 10.5 Å². The van der Waals surface area contributed by atoms with Crippen molar-refractivity contribution in [3.8, 4) is 17.9 Å². The van der Waals surface area contributed by atoms with Crippen LogP contribution in [0.1, 0.15) is 21.6 Å². The molecule has 1 aromatic carbocycles. The molecule has 0 saturated heterocycles. The van der Waals surface area contributed by atoms with Crippen LogP contribution in [0, 0.1) is 22.7 Å². The van der Waals surface area contributed by atoms with Crippen molar-refractivity contribution >= 4 is 11.6 Å². The lowest BCUT2D eigenvalue weighted by atomic mass is 10.2. The number of hydrogen-bond acceptors (Lipinski definition) is 5. The lowest BCUT2D eigenvalue weighted by Gasteiger charge is -2.07. The van der Waals surface area contributed by atoms with E-state index in [0.29, 0.717) is 11.1 Å². The molecular formula is C14H8N4O2. The fourth-order valence-electron chi connectivity index (χ4n) is 1.49. The van der Waals surface area contributed by atoms with E-state index in [1.165, 1.54) is 36.5 Å². The van der Waals surface area contributed by atoms with Crippen molar-refractivity contribution in [3.05, 3.63) is 53.3 Å². The number of aromatic hydroxyl groups is 1. The Bertz CT molecular complexity index is 739. The van der Waals surface area contributed by atoms with Crippen LogP contribution in [0.3, 0.4) is 0 Å². The Kier molecular flexibility index (Phi) is 3.60. The van der Waals surface area contributed by atoms with E-state index < -0.39 is 5.91 Å². The van der Waals surface area contributed by atoms with Gasteiger partial charge in [0.05, 0.1) is 22.9 Å². The van der Waals surface area contributed by atoms with Gasteiger partial charge in [-0.15, -0.1) is 0 Å². The van der Waals surface area contributed by atoms with E-state index in [-0.39, 0.29) is 17.1 Å². The molecule has 1 aromatic heterocycles. The Morgan fingerprint density at radius 3 is 2.45 bits per heavy atom. The minimum atomic E-state index is -0.542. The Labute approximate surface area is 114 Å². The Morgan fingerprint density at radius 2 is 1.85 bits per heavy atom. The summed E-state index contributed by atoms with van der Waals surface area (Å²) >= 11 is 0. The summed E-state index contributed by atoms with van der Waals surface area (Å²) in [6.45, 7) is 0. The van der Waals surface area contributed by atoms with Crippen molar-refractivity contribution in [3.63, 3.8) is 0 Å². The summed E-state index contributed by atoms with van der Waals surface area (Å²) in [6, 6.07) is 10.8. The second-order valence-electron chi connectivity index (χ2n) is 3.84. The zero-order valence-corrected chi connectivity index (χ0v) is 10.2. The van der Waals surface area contributed by atoms with Gasteiger partial charge in [0.25, 0.3) is 5.91 Å². The Balaban J connectivity index is 2.23. The van der Waals surface area contributed by atoms with Gasteiger partial charge >= 0.3 is 0 Å². The van der Waals surface area contributed by atoms with E-state index in [9.17, 15) is 9.90 Å². The van der Waals surface area contributed by atoms with Gasteiger partial charge in [0, 0.05) is 6.20 Å². The van der Waals surface area contributed by atoms with Gasteiger partial charge in [0.2, 0.25) is 0 Å². The van der Waals surface area contributed by atoms with Crippen molar-refractivity contribution < 1.29 is 9.90 Å². The van der Waals surface area contributed by atoms with Crippen molar-refractivity contribution in [1.29, 1.82) is 10.5 Å². The SMILES string of the molecule is N#Cc1ccc(C(=O)Nc2cc(C#N)ccc2O)nc1. The first-order chi connectivity index (χ1) is 9.63. The molecule has 2 N–H and O–H groups in total. The zero-order chi connectivity index (χ0) is 14.5. The molecule has 20 heavy (non-hydrogen) atoms. The van der Waals surface area contributed by atoms with Gasteiger partial charge < -0.3 is 10.4 Å². The number of benzene rings is 1.